The summed E-state index contributed by atoms with van der Waals surface area (Å²) in [7, 11) is 1.67. The Balaban J connectivity index is 2.04. The number of nitrogens with one attached hydrogen (secondary N) is 1. The zero-order valence-electron chi connectivity index (χ0n) is 14.2. The zero-order chi connectivity index (χ0) is 16.8. The molecular formula is C18H21FN4O. The molecule has 1 N–H and O–H groups in total. The largest absolute Gasteiger partial charge is 0.497 e. The number of aromatic nitrogens is 3. The standard InChI is InChI=1S/C18H21FN4O/c1-10-8-13(24-3)9-14-16(10)20-18-15(11(2)21-22-18)17(14)23-6-4-12(19)5-7-23/h8-9,12H,4-7H2,1-3H3,(H,20,21,22). The fraction of sp³-hybridized carbons (Fsp3) is 0.444. The highest BCUT2D eigenvalue weighted by molar-refractivity contribution is 6.09. The Morgan fingerprint density at radius 2 is 2.00 bits per heavy atom. The summed E-state index contributed by atoms with van der Waals surface area (Å²) in [5.41, 5.74) is 4.76. The van der Waals surface area contributed by atoms with E-state index in [0.29, 0.717) is 31.6 Å². The topological polar surface area (TPSA) is 54.0 Å². The predicted molar refractivity (Wildman–Crippen MR) is 93.8 cm³/mol. The van der Waals surface area contributed by atoms with Crippen LogP contribution in [0.2, 0.25) is 0 Å². The van der Waals surface area contributed by atoms with E-state index in [4.69, 9.17) is 9.72 Å². The number of aromatic amines is 1. The van der Waals surface area contributed by atoms with Crippen molar-refractivity contribution >= 4 is 27.6 Å². The number of rotatable bonds is 2. The van der Waals surface area contributed by atoms with Crippen LogP contribution in [0, 0.1) is 13.8 Å². The van der Waals surface area contributed by atoms with Gasteiger partial charge in [-0.3, -0.25) is 5.10 Å². The van der Waals surface area contributed by atoms with Crippen molar-refractivity contribution in [3.8, 4) is 5.75 Å². The van der Waals surface area contributed by atoms with Crippen LogP contribution in [0.15, 0.2) is 12.1 Å². The van der Waals surface area contributed by atoms with E-state index >= 15 is 0 Å². The van der Waals surface area contributed by atoms with Gasteiger partial charge in [0, 0.05) is 24.2 Å². The van der Waals surface area contributed by atoms with Crippen molar-refractivity contribution in [1.82, 2.24) is 15.2 Å². The van der Waals surface area contributed by atoms with Gasteiger partial charge in [-0.2, -0.15) is 5.10 Å². The number of halogens is 1. The minimum absolute atomic E-state index is 0.561. The number of methoxy groups -OCH3 is 1. The van der Waals surface area contributed by atoms with E-state index in [1.807, 2.05) is 26.0 Å². The van der Waals surface area contributed by atoms with Crippen molar-refractivity contribution in [2.24, 2.45) is 0 Å². The van der Waals surface area contributed by atoms with Gasteiger partial charge in [0.05, 0.1) is 23.7 Å². The van der Waals surface area contributed by atoms with E-state index in [-0.39, 0.29) is 0 Å². The highest BCUT2D eigenvalue weighted by Crippen LogP contribution is 2.39. The van der Waals surface area contributed by atoms with Gasteiger partial charge in [-0.1, -0.05) is 0 Å². The van der Waals surface area contributed by atoms with Gasteiger partial charge in [0.2, 0.25) is 0 Å². The number of nitrogens with zero attached hydrogens (tertiary/aromatic N) is 3. The number of anilines is 1. The quantitative estimate of drug-likeness (QED) is 0.780. The molecule has 4 rings (SSSR count). The summed E-state index contributed by atoms with van der Waals surface area (Å²) in [6, 6.07) is 4.01. The molecule has 5 nitrogen and oxygen atoms in total. The van der Waals surface area contributed by atoms with Crippen LogP contribution < -0.4 is 9.64 Å². The number of ether oxygens (including phenoxy) is 1. The highest BCUT2D eigenvalue weighted by atomic mass is 19.1. The number of fused-ring (bicyclic) bond motifs is 2. The summed E-state index contributed by atoms with van der Waals surface area (Å²) in [6.07, 6.45) is 0.419. The molecule has 0 saturated carbocycles. The molecule has 0 amide bonds. The highest BCUT2D eigenvalue weighted by Gasteiger charge is 2.25. The molecule has 126 valence electrons. The number of pyridine rings is 1. The Labute approximate surface area is 139 Å². The molecule has 3 heterocycles. The molecule has 0 spiro atoms. The van der Waals surface area contributed by atoms with Crippen LogP contribution in [0.3, 0.4) is 0 Å². The number of H-pyrrole nitrogens is 1. The van der Waals surface area contributed by atoms with E-state index < -0.39 is 6.17 Å². The lowest BCUT2D eigenvalue weighted by atomic mass is 10.0. The first kappa shape index (κ1) is 15.2. The van der Waals surface area contributed by atoms with E-state index in [2.05, 4.69) is 15.1 Å². The van der Waals surface area contributed by atoms with Crippen molar-refractivity contribution in [3.63, 3.8) is 0 Å². The van der Waals surface area contributed by atoms with Crippen LogP contribution in [0.4, 0.5) is 10.1 Å². The third-order valence-electron chi connectivity index (χ3n) is 4.89. The maximum Gasteiger partial charge on any atom is 0.183 e. The van der Waals surface area contributed by atoms with Gasteiger partial charge in [-0.15, -0.1) is 0 Å². The Morgan fingerprint density at radius 1 is 1.25 bits per heavy atom. The summed E-state index contributed by atoms with van der Waals surface area (Å²) in [6.45, 7) is 5.44. The Kier molecular flexibility index (Phi) is 3.55. The molecule has 0 unspecified atom stereocenters. The van der Waals surface area contributed by atoms with E-state index in [0.717, 1.165) is 39.0 Å². The maximum absolute atomic E-state index is 13.6. The van der Waals surface area contributed by atoms with Gasteiger partial charge in [-0.25, -0.2) is 9.37 Å². The fourth-order valence-electron chi connectivity index (χ4n) is 3.61. The monoisotopic (exact) mass is 328 g/mol. The molecular weight excluding hydrogens is 307 g/mol. The number of piperidine rings is 1. The zero-order valence-corrected chi connectivity index (χ0v) is 14.2. The number of alkyl halides is 1. The van der Waals surface area contributed by atoms with Crippen LogP contribution in [-0.2, 0) is 0 Å². The second-order valence-corrected chi connectivity index (χ2v) is 6.51. The van der Waals surface area contributed by atoms with Crippen molar-refractivity contribution in [2.75, 3.05) is 25.1 Å². The molecule has 6 heteroatoms. The van der Waals surface area contributed by atoms with E-state index in [1.54, 1.807) is 7.11 Å². The number of benzene rings is 1. The maximum atomic E-state index is 13.6. The lowest BCUT2D eigenvalue weighted by Gasteiger charge is -2.32. The third kappa shape index (κ3) is 2.28. The Bertz CT molecular complexity index is 912. The molecule has 24 heavy (non-hydrogen) atoms. The van der Waals surface area contributed by atoms with Crippen LogP contribution in [0.1, 0.15) is 24.1 Å². The lowest BCUT2D eigenvalue weighted by Crippen LogP contribution is -2.34. The van der Waals surface area contributed by atoms with Crippen molar-refractivity contribution in [2.45, 2.75) is 32.9 Å². The molecule has 3 aromatic rings. The van der Waals surface area contributed by atoms with E-state index in [1.165, 1.54) is 0 Å². The Morgan fingerprint density at radius 3 is 2.71 bits per heavy atom. The van der Waals surface area contributed by atoms with Gasteiger partial charge in [0.25, 0.3) is 0 Å². The summed E-state index contributed by atoms with van der Waals surface area (Å²) in [4.78, 5) is 7.01. The molecule has 0 bridgehead atoms. The minimum Gasteiger partial charge on any atom is -0.497 e. The molecule has 1 aromatic carbocycles. The van der Waals surface area contributed by atoms with Crippen LogP contribution in [0.25, 0.3) is 21.9 Å². The molecule has 1 saturated heterocycles. The predicted octanol–water partition coefficient (Wildman–Crippen LogP) is 3.67. The molecule has 0 atom stereocenters. The van der Waals surface area contributed by atoms with Crippen molar-refractivity contribution in [3.05, 3.63) is 23.4 Å². The average Bonchev–Trinajstić information content (AvgIpc) is 2.95. The average molecular weight is 328 g/mol. The van der Waals surface area contributed by atoms with Crippen molar-refractivity contribution in [1.29, 1.82) is 0 Å². The van der Waals surface area contributed by atoms with Crippen LogP contribution >= 0.6 is 0 Å². The van der Waals surface area contributed by atoms with Gasteiger partial charge in [0.15, 0.2) is 5.65 Å². The van der Waals surface area contributed by atoms with Gasteiger partial charge in [-0.05, 0) is 44.4 Å². The third-order valence-corrected chi connectivity index (χ3v) is 4.89. The number of hydrogen-bond acceptors (Lipinski definition) is 4. The first-order valence-electron chi connectivity index (χ1n) is 8.30. The minimum atomic E-state index is -0.702. The van der Waals surface area contributed by atoms with Gasteiger partial charge < -0.3 is 9.64 Å². The summed E-state index contributed by atoms with van der Waals surface area (Å²) in [5, 5.41) is 9.46. The smallest absolute Gasteiger partial charge is 0.183 e. The normalized spacial score (nSPS) is 16.2. The SMILES string of the molecule is COc1cc(C)c2nc3n[nH]c(C)c3c(N3CCC(F)CC3)c2c1. The molecule has 2 aromatic heterocycles. The molecule has 1 fully saturated rings. The van der Waals surface area contributed by atoms with Crippen molar-refractivity contribution < 1.29 is 9.13 Å². The lowest BCUT2D eigenvalue weighted by molar-refractivity contribution is 0.277. The van der Waals surface area contributed by atoms with E-state index in [9.17, 15) is 4.39 Å². The second kappa shape index (κ2) is 5.61. The first-order valence-corrected chi connectivity index (χ1v) is 8.30. The fourth-order valence-corrected chi connectivity index (χ4v) is 3.61. The number of aryl methyl sites for hydroxylation is 2. The second-order valence-electron chi connectivity index (χ2n) is 6.51. The summed E-state index contributed by atoms with van der Waals surface area (Å²) < 4.78 is 19.1. The molecule has 0 radical (unpaired) electrons. The Hall–Kier alpha value is -2.37. The molecule has 1 aliphatic rings. The van der Waals surface area contributed by atoms with Crippen LogP contribution in [0.5, 0.6) is 5.75 Å². The van der Waals surface area contributed by atoms with Crippen LogP contribution in [-0.4, -0.2) is 41.6 Å². The molecule has 1 aliphatic heterocycles. The summed E-state index contributed by atoms with van der Waals surface area (Å²) in [5.74, 6) is 0.809. The summed E-state index contributed by atoms with van der Waals surface area (Å²) >= 11 is 0. The number of hydrogen-bond donors (Lipinski definition) is 1. The van der Waals surface area contributed by atoms with Gasteiger partial charge in [0.1, 0.15) is 11.9 Å². The first-order chi connectivity index (χ1) is 11.6. The van der Waals surface area contributed by atoms with Gasteiger partial charge >= 0.3 is 0 Å². The molecule has 0 aliphatic carbocycles.